The Labute approximate surface area is 68.2 Å². The van der Waals surface area contributed by atoms with Gasteiger partial charge in [0.1, 0.15) is 5.78 Å². The van der Waals surface area contributed by atoms with Crippen LogP contribution < -0.4 is 0 Å². The van der Waals surface area contributed by atoms with Crippen molar-refractivity contribution in [2.45, 2.75) is 40.0 Å². The molecule has 0 aromatic heterocycles. The highest BCUT2D eigenvalue weighted by atomic mass is 16.1. The molecule has 0 N–H and O–H groups in total. The minimum atomic E-state index is -0.00694. The van der Waals surface area contributed by atoms with E-state index in [4.69, 9.17) is 0 Å². The molecule has 2 unspecified atom stereocenters. The van der Waals surface area contributed by atoms with Gasteiger partial charge < -0.3 is 0 Å². The van der Waals surface area contributed by atoms with E-state index in [1.54, 1.807) is 0 Å². The summed E-state index contributed by atoms with van der Waals surface area (Å²) in [6.07, 6.45) is 3.38. The number of hydrogen-bond donors (Lipinski definition) is 0. The second-order valence-corrected chi connectivity index (χ2v) is 5.07. The van der Waals surface area contributed by atoms with Crippen molar-refractivity contribution in [2.24, 2.45) is 16.7 Å². The third-order valence-corrected chi connectivity index (χ3v) is 4.00. The summed E-state index contributed by atoms with van der Waals surface area (Å²) in [6.45, 7) is 6.50. The Morgan fingerprint density at radius 2 is 2.00 bits per heavy atom. The first-order valence-electron chi connectivity index (χ1n) is 4.50. The zero-order valence-corrected chi connectivity index (χ0v) is 7.61. The minimum absolute atomic E-state index is 0.00694. The quantitative estimate of drug-likeness (QED) is 0.521. The van der Waals surface area contributed by atoms with Crippen LogP contribution in [-0.4, -0.2) is 5.78 Å². The standard InChI is InChI=1S/C10H16O/c1-9(2)7-4-5-10(7,3)6-8(9)11/h7H,4-6H2,1-3H3. The highest BCUT2D eigenvalue weighted by molar-refractivity contribution is 5.88. The number of carbonyl (C=O) groups is 1. The van der Waals surface area contributed by atoms with Gasteiger partial charge in [-0.1, -0.05) is 20.8 Å². The molecule has 1 heteroatoms. The molecule has 2 fully saturated rings. The average Bonchev–Trinajstić information content (AvgIpc) is 1.91. The molecular weight excluding hydrogens is 136 g/mol. The van der Waals surface area contributed by atoms with Gasteiger partial charge in [0, 0.05) is 11.8 Å². The molecule has 0 amide bonds. The summed E-state index contributed by atoms with van der Waals surface area (Å²) in [6, 6.07) is 0. The van der Waals surface area contributed by atoms with Gasteiger partial charge in [-0.15, -0.1) is 0 Å². The third-order valence-electron chi connectivity index (χ3n) is 4.00. The number of carbonyl (C=O) groups excluding carboxylic acids is 1. The molecule has 62 valence electrons. The van der Waals surface area contributed by atoms with Gasteiger partial charge in [-0.2, -0.15) is 0 Å². The van der Waals surface area contributed by atoms with Crippen molar-refractivity contribution < 1.29 is 4.79 Å². The van der Waals surface area contributed by atoms with Gasteiger partial charge in [0.05, 0.1) is 0 Å². The van der Waals surface area contributed by atoms with Crippen molar-refractivity contribution in [1.82, 2.24) is 0 Å². The third kappa shape index (κ3) is 0.692. The van der Waals surface area contributed by atoms with E-state index in [0.717, 1.165) is 6.42 Å². The van der Waals surface area contributed by atoms with Crippen molar-refractivity contribution in [3.63, 3.8) is 0 Å². The van der Waals surface area contributed by atoms with Crippen LogP contribution in [0.2, 0.25) is 0 Å². The van der Waals surface area contributed by atoms with E-state index in [9.17, 15) is 4.79 Å². The molecule has 0 spiro atoms. The summed E-state index contributed by atoms with van der Waals surface area (Å²) in [5.41, 5.74) is 0.383. The maximum atomic E-state index is 11.6. The van der Waals surface area contributed by atoms with Crippen LogP contribution in [0.15, 0.2) is 0 Å². The van der Waals surface area contributed by atoms with Crippen LogP contribution in [0.3, 0.4) is 0 Å². The lowest BCUT2D eigenvalue weighted by molar-refractivity contribution is -0.125. The molecule has 0 aromatic rings. The zero-order valence-electron chi connectivity index (χ0n) is 7.61. The zero-order chi connectivity index (χ0) is 8.28. The fraction of sp³-hybridized carbons (Fsp3) is 0.900. The van der Waals surface area contributed by atoms with Gasteiger partial charge in [0.2, 0.25) is 0 Å². The van der Waals surface area contributed by atoms with Crippen molar-refractivity contribution in [2.75, 3.05) is 0 Å². The Balaban J connectivity index is 2.34. The topological polar surface area (TPSA) is 17.1 Å². The molecule has 2 atom stereocenters. The SMILES string of the molecule is CC12CCC1C(C)(C)C(=O)C2. The summed E-state index contributed by atoms with van der Waals surface area (Å²) in [7, 11) is 0. The lowest BCUT2D eigenvalue weighted by Gasteiger charge is -2.46. The Bertz CT molecular complexity index is 217. The molecule has 11 heavy (non-hydrogen) atoms. The van der Waals surface area contributed by atoms with Gasteiger partial charge in [0.15, 0.2) is 0 Å². The number of hydrogen-bond acceptors (Lipinski definition) is 1. The van der Waals surface area contributed by atoms with Crippen molar-refractivity contribution in [1.29, 1.82) is 0 Å². The number of Topliss-reactive ketones (excluding diaryl/α,β-unsaturated/α-hetero) is 1. The number of ketones is 1. The second kappa shape index (κ2) is 1.70. The molecule has 2 aliphatic carbocycles. The summed E-state index contributed by atoms with van der Waals surface area (Å²) in [5, 5.41) is 0. The molecule has 0 saturated heterocycles. The normalized spacial score (nSPS) is 46.8. The number of rotatable bonds is 0. The van der Waals surface area contributed by atoms with Crippen LogP contribution in [-0.2, 0) is 4.79 Å². The molecule has 0 bridgehead atoms. The lowest BCUT2D eigenvalue weighted by atomic mass is 9.58. The summed E-state index contributed by atoms with van der Waals surface area (Å²) in [4.78, 5) is 11.6. The average molecular weight is 152 g/mol. The largest absolute Gasteiger partial charge is 0.299 e. The van der Waals surface area contributed by atoms with Gasteiger partial charge in [-0.05, 0) is 24.2 Å². The molecule has 2 saturated carbocycles. The highest BCUT2D eigenvalue weighted by Gasteiger charge is 2.59. The molecule has 1 nitrogen and oxygen atoms in total. The number of fused-ring (bicyclic) bond motifs is 1. The molecular formula is C10H16O. The smallest absolute Gasteiger partial charge is 0.139 e. The summed E-state index contributed by atoms with van der Waals surface area (Å²) >= 11 is 0. The van der Waals surface area contributed by atoms with Gasteiger partial charge in [-0.25, -0.2) is 0 Å². The van der Waals surface area contributed by atoms with Crippen LogP contribution in [0, 0.1) is 16.7 Å². The first-order chi connectivity index (χ1) is 4.97. The molecule has 2 aliphatic rings. The van der Waals surface area contributed by atoms with E-state index < -0.39 is 0 Å². The van der Waals surface area contributed by atoms with Crippen molar-refractivity contribution >= 4 is 5.78 Å². The molecule has 0 aliphatic heterocycles. The van der Waals surface area contributed by atoms with Crippen LogP contribution in [0.1, 0.15) is 40.0 Å². The van der Waals surface area contributed by atoms with Gasteiger partial charge in [0.25, 0.3) is 0 Å². The van der Waals surface area contributed by atoms with Crippen molar-refractivity contribution in [3.8, 4) is 0 Å². The fourth-order valence-corrected chi connectivity index (χ4v) is 3.01. The molecule has 2 rings (SSSR count). The van der Waals surface area contributed by atoms with Gasteiger partial charge >= 0.3 is 0 Å². The molecule has 0 heterocycles. The Hall–Kier alpha value is -0.330. The maximum Gasteiger partial charge on any atom is 0.139 e. The lowest BCUT2D eigenvalue weighted by Crippen LogP contribution is -2.39. The Morgan fingerprint density at radius 1 is 1.36 bits per heavy atom. The molecule has 0 radical (unpaired) electrons. The first kappa shape index (κ1) is 7.33. The minimum Gasteiger partial charge on any atom is -0.299 e. The predicted molar refractivity (Wildman–Crippen MR) is 44.2 cm³/mol. The van der Waals surface area contributed by atoms with Crippen LogP contribution in [0.4, 0.5) is 0 Å². The van der Waals surface area contributed by atoms with E-state index in [-0.39, 0.29) is 5.41 Å². The summed E-state index contributed by atoms with van der Waals surface area (Å²) < 4.78 is 0. The van der Waals surface area contributed by atoms with E-state index in [2.05, 4.69) is 20.8 Å². The Morgan fingerprint density at radius 3 is 2.18 bits per heavy atom. The maximum absolute atomic E-state index is 11.6. The van der Waals surface area contributed by atoms with E-state index in [1.807, 2.05) is 0 Å². The van der Waals surface area contributed by atoms with Crippen LogP contribution in [0.25, 0.3) is 0 Å². The second-order valence-electron chi connectivity index (χ2n) is 5.07. The first-order valence-corrected chi connectivity index (χ1v) is 4.50. The molecule has 0 aromatic carbocycles. The van der Waals surface area contributed by atoms with Crippen molar-refractivity contribution in [3.05, 3.63) is 0 Å². The van der Waals surface area contributed by atoms with E-state index in [0.29, 0.717) is 17.1 Å². The van der Waals surface area contributed by atoms with E-state index >= 15 is 0 Å². The monoisotopic (exact) mass is 152 g/mol. The highest BCUT2D eigenvalue weighted by Crippen LogP contribution is 2.63. The van der Waals surface area contributed by atoms with Gasteiger partial charge in [-0.3, -0.25) is 4.79 Å². The summed E-state index contributed by atoms with van der Waals surface area (Å²) in [5.74, 6) is 1.17. The van der Waals surface area contributed by atoms with Crippen LogP contribution in [0.5, 0.6) is 0 Å². The predicted octanol–water partition coefficient (Wildman–Crippen LogP) is 2.40. The van der Waals surface area contributed by atoms with Crippen LogP contribution >= 0.6 is 0 Å². The Kier molecular flexibility index (Phi) is 1.13. The fourth-order valence-electron chi connectivity index (χ4n) is 3.01. The van der Waals surface area contributed by atoms with E-state index in [1.165, 1.54) is 12.8 Å².